The second-order valence-electron chi connectivity index (χ2n) is 6.85. The first-order valence-electron chi connectivity index (χ1n) is 9.62. The molecule has 0 saturated carbocycles. The molecule has 1 aromatic heterocycles. The van der Waals surface area contributed by atoms with Crippen LogP contribution in [0.5, 0.6) is 17.2 Å². The Morgan fingerprint density at radius 3 is 2.55 bits per heavy atom. The van der Waals surface area contributed by atoms with Crippen LogP contribution in [0.4, 0.5) is 5.69 Å². The van der Waals surface area contributed by atoms with Crippen LogP contribution in [0.25, 0.3) is 11.0 Å². The number of para-hydroxylation sites is 2. The third-order valence-corrected chi connectivity index (χ3v) is 4.81. The third kappa shape index (κ3) is 3.69. The van der Waals surface area contributed by atoms with Gasteiger partial charge in [-0.05, 0) is 42.5 Å². The van der Waals surface area contributed by atoms with E-state index in [-0.39, 0.29) is 24.9 Å². The van der Waals surface area contributed by atoms with Gasteiger partial charge in [-0.25, -0.2) is 0 Å². The Morgan fingerprint density at radius 1 is 0.903 bits per heavy atom. The Bertz CT molecular complexity index is 1280. The first-order valence-corrected chi connectivity index (χ1v) is 9.62. The molecule has 1 aliphatic rings. The van der Waals surface area contributed by atoms with Crippen LogP contribution >= 0.6 is 0 Å². The molecule has 0 aliphatic carbocycles. The molecule has 0 radical (unpaired) electrons. The van der Waals surface area contributed by atoms with Gasteiger partial charge in [-0.3, -0.25) is 9.59 Å². The van der Waals surface area contributed by atoms with Crippen molar-refractivity contribution in [3.63, 3.8) is 0 Å². The fraction of sp³-hybridized carbons (Fsp3) is 0.0833. The van der Waals surface area contributed by atoms with Crippen molar-refractivity contribution in [1.82, 2.24) is 0 Å². The number of carbonyl (C=O) groups is 2. The van der Waals surface area contributed by atoms with Crippen molar-refractivity contribution in [2.45, 2.75) is 0 Å². The number of ketones is 1. The number of amides is 1. The Labute approximate surface area is 177 Å². The lowest BCUT2D eigenvalue weighted by molar-refractivity contribution is -0.118. The fourth-order valence-electron chi connectivity index (χ4n) is 3.34. The zero-order valence-corrected chi connectivity index (χ0v) is 16.3. The van der Waals surface area contributed by atoms with Crippen molar-refractivity contribution in [2.24, 2.45) is 0 Å². The third-order valence-electron chi connectivity index (χ3n) is 4.81. The normalized spacial score (nSPS) is 12.0. The molecule has 0 saturated heterocycles. The standard InChI is InChI=1S/C24H17NO6/c26-21(13-28-16-6-2-1-3-7-16)25-22-17-8-4-5-9-18(17)31-24(22)23(27)15-10-11-19-20(12-15)30-14-29-19/h1-12H,13-14H2,(H,25,26). The van der Waals surface area contributed by atoms with Crippen LogP contribution in [0.1, 0.15) is 16.1 Å². The largest absolute Gasteiger partial charge is 0.484 e. The first-order chi connectivity index (χ1) is 15.2. The van der Waals surface area contributed by atoms with E-state index >= 15 is 0 Å². The highest BCUT2D eigenvalue weighted by molar-refractivity contribution is 6.17. The molecule has 1 aliphatic heterocycles. The summed E-state index contributed by atoms with van der Waals surface area (Å²) in [7, 11) is 0. The molecule has 0 unspecified atom stereocenters. The highest BCUT2D eigenvalue weighted by Gasteiger charge is 2.25. The van der Waals surface area contributed by atoms with Crippen molar-refractivity contribution in [3.05, 3.63) is 84.1 Å². The van der Waals surface area contributed by atoms with Gasteiger partial charge in [-0.2, -0.15) is 0 Å². The molecule has 1 N–H and O–H groups in total. The minimum absolute atomic E-state index is 0.0353. The number of anilines is 1. The van der Waals surface area contributed by atoms with E-state index in [2.05, 4.69) is 5.32 Å². The Balaban J connectivity index is 1.44. The van der Waals surface area contributed by atoms with Gasteiger partial charge in [0, 0.05) is 10.9 Å². The maximum absolute atomic E-state index is 13.2. The van der Waals surface area contributed by atoms with E-state index in [1.807, 2.05) is 24.3 Å². The molecule has 4 aromatic rings. The molecule has 31 heavy (non-hydrogen) atoms. The predicted octanol–water partition coefficient (Wildman–Crippen LogP) is 4.41. The fourth-order valence-corrected chi connectivity index (χ4v) is 3.34. The van der Waals surface area contributed by atoms with Gasteiger partial charge in [0.2, 0.25) is 12.6 Å². The minimum atomic E-state index is -0.407. The first kappa shape index (κ1) is 18.7. The maximum atomic E-state index is 13.2. The molecule has 0 bridgehead atoms. The van der Waals surface area contributed by atoms with E-state index in [0.29, 0.717) is 39.5 Å². The number of hydrogen-bond donors (Lipinski definition) is 1. The average molecular weight is 415 g/mol. The summed E-state index contributed by atoms with van der Waals surface area (Å²) in [5.41, 5.74) is 1.16. The molecule has 5 rings (SSSR count). The van der Waals surface area contributed by atoms with E-state index < -0.39 is 5.91 Å². The lowest BCUT2D eigenvalue weighted by Crippen LogP contribution is -2.21. The summed E-state index contributed by atoms with van der Waals surface area (Å²) in [4.78, 5) is 25.8. The molecule has 1 amide bonds. The van der Waals surface area contributed by atoms with E-state index in [1.54, 1.807) is 48.5 Å². The van der Waals surface area contributed by atoms with E-state index in [1.165, 1.54) is 0 Å². The van der Waals surface area contributed by atoms with Gasteiger partial charge in [0.15, 0.2) is 23.9 Å². The van der Waals surface area contributed by atoms with Crippen LogP contribution in [0.2, 0.25) is 0 Å². The van der Waals surface area contributed by atoms with Crippen molar-refractivity contribution in [2.75, 3.05) is 18.7 Å². The lowest BCUT2D eigenvalue weighted by atomic mass is 10.1. The Hall–Kier alpha value is -4.26. The summed E-state index contributed by atoms with van der Waals surface area (Å²) in [5.74, 6) is 0.889. The molecule has 0 spiro atoms. The number of furan rings is 1. The van der Waals surface area contributed by atoms with Crippen LogP contribution in [0, 0.1) is 0 Å². The smallest absolute Gasteiger partial charge is 0.262 e. The molecule has 3 aromatic carbocycles. The van der Waals surface area contributed by atoms with Crippen molar-refractivity contribution >= 4 is 28.3 Å². The van der Waals surface area contributed by atoms with Crippen LogP contribution < -0.4 is 19.5 Å². The van der Waals surface area contributed by atoms with Gasteiger partial charge in [0.25, 0.3) is 5.91 Å². The van der Waals surface area contributed by atoms with Crippen molar-refractivity contribution < 1.29 is 28.2 Å². The molecule has 7 nitrogen and oxygen atoms in total. The quantitative estimate of drug-likeness (QED) is 0.470. The highest BCUT2D eigenvalue weighted by Crippen LogP contribution is 2.36. The van der Waals surface area contributed by atoms with Crippen LogP contribution in [0.3, 0.4) is 0 Å². The summed E-state index contributed by atoms with van der Waals surface area (Å²) in [6.07, 6.45) is 0. The lowest BCUT2D eigenvalue weighted by Gasteiger charge is -2.08. The maximum Gasteiger partial charge on any atom is 0.262 e. The van der Waals surface area contributed by atoms with Gasteiger partial charge < -0.3 is 23.9 Å². The zero-order valence-electron chi connectivity index (χ0n) is 16.3. The van der Waals surface area contributed by atoms with Gasteiger partial charge >= 0.3 is 0 Å². The van der Waals surface area contributed by atoms with Gasteiger partial charge in [-0.1, -0.05) is 30.3 Å². The van der Waals surface area contributed by atoms with Crippen LogP contribution in [-0.2, 0) is 4.79 Å². The molecule has 0 atom stereocenters. The number of ether oxygens (including phenoxy) is 3. The summed E-state index contributed by atoms with van der Waals surface area (Å²) < 4.78 is 22.0. The Morgan fingerprint density at radius 2 is 1.68 bits per heavy atom. The zero-order chi connectivity index (χ0) is 21.2. The van der Waals surface area contributed by atoms with Crippen molar-refractivity contribution in [3.8, 4) is 17.2 Å². The molecule has 7 heteroatoms. The summed E-state index contributed by atoms with van der Waals surface area (Å²) >= 11 is 0. The SMILES string of the molecule is O=C(COc1ccccc1)Nc1c(C(=O)c2ccc3c(c2)OCO3)oc2ccccc12. The molecular weight excluding hydrogens is 398 g/mol. The van der Waals surface area contributed by atoms with Gasteiger partial charge in [0.05, 0.1) is 5.69 Å². The second kappa shape index (κ2) is 7.87. The van der Waals surface area contributed by atoms with E-state index in [4.69, 9.17) is 18.6 Å². The summed E-state index contributed by atoms with van der Waals surface area (Å²) in [6, 6.07) is 21.0. The molecule has 2 heterocycles. The highest BCUT2D eigenvalue weighted by atomic mass is 16.7. The predicted molar refractivity (Wildman–Crippen MR) is 113 cm³/mol. The number of hydrogen-bond acceptors (Lipinski definition) is 6. The number of carbonyl (C=O) groups excluding carboxylic acids is 2. The van der Waals surface area contributed by atoms with Crippen LogP contribution in [-0.4, -0.2) is 25.1 Å². The van der Waals surface area contributed by atoms with E-state index in [0.717, 1.165) is 0 Å². The minimum Gasteiger partial charge on any atom is -0.484 e. The average Bonchev–Trinajstić information content (AvgIpc) is 3.42. The number of fused-ring (bicyclic) bond motifs is 2. The Kier molecular flexibility index (Phi) is 4.76. The summed E-state index contributed by atoms with van der Waals surface area (Å²) in [6.45, 7) is -0.0957. The van der Waals surface area contributed by atoms with Crippen molar-refractivity contribution in [1.29, 1.82) is 0 Å². The van der Waals surface area contributed by atoms with E-state index in [9.17, 15) is 9.59 Å². The van der Waals surface area contributed by atoms with Crippen LogP contribution in [0.15, 0.2) is 77.2 Å². The summed E-state index contributed by atoms with van der Waals surface area (Å²) in [5, 5.41) is 3.40. The van der Waals surface area contributed by atoms with Gasteiger partial charge in [0.1, 0.15) is 11.3 Å². The number of benzene rings is 3. The monoisotopic (exact) mass is 415 g/mol. The molecule has 154 valence electrons. The topological polar surface area (TPSA) is 87.0 Å². The number of nitrogens with one attached hydrogen (secondary N) is 1. The van der Waals surface area contributed by atoms with Gasteiger partial charge in [-0.15, -0.1) is 0 Å². The number of rotatable bonds is 6. The molecular formula is C24H17NO6. The molecule has 0 fully saturated rings. The second-order valence-corrected chi connectivity index (χ2v) is 6.85.